The molecule has 0 aliphatic rings. The average molecular weight is 214 g/mol. The maximum absolute atomic E-state index is 10.8. The molecule has 0 rings (SSSR count). The van der Waals surface area contributed by atoms with E-state index in [2.05, 4.69) is 4.74 Å². The molecule has 2 N–H and O–H groups in total. The molecule has 0 saturated heterocycles. The largest absolute Gasteiger partial charge is 0.465 e. The van der Waals surface area contributed by atoms with Crippen molar-refractivity contribution in [3.05, 3.63) is 0 Å². The number of esters is 1. The third kappa shape index (κ3) is 3.28. The molecule has 0 aromatic heterocycles. The van der Waals surface area contributed by atoms with Crippen LogP contribution in [0.1, 0.15) is 6.92 Å². The second kappa shape index (κ2) is 5.22. The number of nitrogens with two attached hydrogens (primary N) is 1. The zero-order chi connectivity index (χ0) is 9.72. The number of hydrogen-bond donors (Lipinski definition) is 1. The minimum atomic E-state index is -1.23. The summed E-state index contributed by atoms with van der Waals surface area (Å²) in [7, 11) is 0. The van der Waals surface area contributed by atoms with Crippen LogP contribution >= 0.6 is 23.2 Å². The van der Waals surface area contributed by atoms with E-state index < -0.39 is 22.6 Å². The van der Waals surface area contributed by atoms with Crippen LogP contribution in [0.25, 0.3) is 0 Å². The lowest BCUT2D eigenvalue weighted by Crippen LogP contribution is -2.37. The van der Waals surface area contributed by atoms with E-state index >= 15 is 0 Å². The van der Waals surface area contributed by atoms with Crippen molar-refractivity contribution in [2.45, 2.75) is 17.7 Å². The standard InChI is InChI=1S/C6H9Cl2NO3/c1-2-12-6(11)4(8)3(7)5(9)10/h3-4H,2H2,1H3,(H2,9,10). The fourth-order valence-electron chi connectivity index (χ4n) is 0.486. The van der Waals surface area contributed by atoms with E-state index in [-0.39, 0.29) is 6.61 Å². The molecular formula is C6H9Cl2NO3. The van der Waals surface area contributed by atoms with Gasteiger partial charge in [0.25, 0.3) is 0 Å². The zero-order valence-corrected chi connectivity index (χ0v) is 7.93. The molecule has 4 nitrogen and oxygen atoms in total. The topological polar surface area (TPSA) is 69.4 Å². The zero-order valence-electron chi connectivity index (χ0n) is 6.42. The first kappa shape index (κ1) is 11.5. The molecule has 70 valence electrons. The lowest BCUT2D eigenvalue weighted by Gasteiger charge is -2.10. The van der Waals surface area contributed by atoms with Crippen molar-refractivity contribution in [3.8, 4) is 0 Å². The molecule has 0 fully saturated rings. The Hall–Kier alpha value is -0.480. The summed E-state index contributed by atoms with van der Waals surface area (Å²) in [6.07, 6.45) is 0. The molecule has 0 saturated carbocycles. The van der Waals surface area contributed by atoms with Crippen LogP contribution < -0.4 is 5.73 Å². The van der Waals surface area contributed by atoms with Gasteiger partial charge in [0, 0.05) is 0 Å². The highest BCUT2D eigenvalue weighted by Crippen LogP contribution is 2.11. The molecule has 2 atom stereocenters. The monoisotopic (exact) mass is 213 g/mol. The summed E-state index contributed by atoms with van der Waals surface area (Å²) in [6.45, 7) is 1.80. The highest BCUT2D eigenvalue weighted by Gasteiger charge is 2.29. The Balaban J connectivity index is 4.09. The summed E-state index contributed by atoms with van der Waals surface area (Å²) in [5.41, 5.74) is 4.81. The Morgan fingerprint density at radius 2 is 1.92 bits per heavy atom. The molecule has 6 heteroatoms. The maximum atomic E-state index is 10.8. The van der Waals surface area contributed by atoms with Crippen LogP contribution in [0.15, 0.2) is 0 Å². The van der Waals surface area contributed by atoms with Gasteiger partial charge in [0.15, 0.2) is 5.38 Å². The van der Waals surface area contributed by atoms with Crippen LogP contribution in [0, 0.1) is 0 Å². The summed E-state index contributed by atoms with van der Waals surface area (Å²) in [5.74, 6) is -1.58. The van der Waals surface area contributed by atoms with Crippen molar-refractivity contribution in [2.75, 3.05) is 6.61 Å². The van der Waals surface area contributed by atoms with Gasteiger partial charge in [-0.3, -0.25) is 9.59 Å². The van der Waals surface area contributed by atoms with Crippen molar-refractivity contribution < 1.29 is 14.3 Å². The van der Waals surface area contributed by atoms with Gasteiger partial charge < -0.3 is 10.5 Å². The number of carbonyl (C=O) groups is 2. The molecule has 1 amide bonds. The molecule has 0 aliphatic carbocycles. The highest BCUT2D eigenvalue weighted by molar-refractivity contribution is 6.42. The van der Waals surface area contributed by atoms with Crippen molar-refractivity contribution in [1.82, 2.24) is 0 Å². The first-order chi connectivity index (χ1) is 5.50. The minimum Gasteiger partial charge on any atom is -0.465 e. The van der Waals surface area contributed by atoms with E-state index in [1.54, 1.807) is 6.92 Å². The van der Waals surface area contributed by atoms with Crippen LogP contribution in [0.5, 0.6) is 0 Å². The molecule has 0 radical (unpaired) electrons. The summed E-state index contributed by atoms with van der Waals surface area (Å²) in [4.78, 5) is 21.3. The Labute approximate surface area is 79.9 Å². The molecule has 0 aliphatic heterocycles. The summed E-state index contributed by atoms with van der Waals surface area (Å²) in [5, 5.41) is -2.45. The Bertz CT molecular complexity index is 186. The number of halogens is 2. The maximum Gasteiger partial charge on any atom is 0.326 e. The van der Waals surface area contributed by atoms with Crippen LogP contribution in [0.2, 0.25) is 0 Å². The Morgan fingerprint density at radius 1 is 1.42 bits per heavy atom. The molecule has 12 heavy (non-hydrogen) atoms. The molecule has 0 spiro atoms. The molecular weight excluding hydrogens is 205 g/mol. The van der Waals surface area contributed by atoms with Gasteiger partial charge in [-0.2, -0.15) is 0 Å². The van der Waals surface area contributed by atoms with E-state index in [0.717, 1.165) is 0 Å². The Kier molecular flexibility index (Phi) is 5.01. The van der Waals surface area contributed by atoms with E-state index in [4.69, 9.17) is 28.9 Å². The van der Waals surface area contributed by atoms with Crippen molar-refractivity contribution in [1.29, 1.82) is 0 Å². The van der Waals surface area contributed by atoms with Crippen molar-refractivity contribution in [3.63, 3.8) is 0 Å². The number of hydrogen-bond acceptors (Lipinski definition) is 3. The number of rotatable bonds is 4. The van der Waals surface area contributed by atoms with Gasteiger partial charge in [-0.25, -0.2) is 0 Å². The van der Waals surface area contributed by atoms with Gasteiger partial charge in [0.2, 0.25) is 5.91 Å². The summed E-state index contributed by atoms with van der Waals surface area (Å²) < 4.78 is 4.51. The Morgan fingerprint density at radius 3 is 2.25 bits per heavy atom. The van der Waals surface area contributed by atoms with Gasteiger partial charge in [-0.1, -0.05) is 0 Å². The van der Waals surface area contributed by atoms with E-state index in [1.165, 1.54) is 0 Å². The number of amides is 1. The van der Waals surface area contributed by atoms with Gasteiger partial charge in [0.05, 0.1) is 6.61 Å². The normalized spacial score (nSPS) is 14.9. The van der Waals surface area contributed by atoms with Crippen LogP contribution in [-0.2, 0) is 14.3 Å². The lowest BCUT2D eigenvalue weighted by atomic mass is 10.3. The number of ether oxygens (including phenoxy) is 1. The van der Waals surface area contributed by atoms with E-state index in [0.29, 0.717) is 0 Å². The molecule has 0 bridgehead atoms. The third-order valence-corrected chi connectivity index (χ3v) is 2.07. The van der Waals surface area contributed by atoms with Crippen LogP contribution in [0.3, 0.4) is 0 Å². The van der Waals surface area contributed by atoms with Crippen molar-refractivity contribution >= 4 is 35.1 Å². The summed E-state index contributed by atoms with van der Waals surface area (Å²) >= 11 is 10.8. The second-order valence-corrected chi connectivity index (χ2v) is 2.90. The van der Waals surface area contributed by atoms with Gasteiger partial charge in [0.1, 0.15) is 5.38 Å². The molecule has 0 aromatic carbocycles. The average Bonchev–Trinajstić information content (AvgIpc) is 2.02. The van der Waals surface area contributed by atoms with Crippen LogP contribution in [0.4, 0.5) is 0 Å². The first-order valence-electron chi connectivity index (χ1n) is 3.24. The lowest BCUT2D eigenvalue weighted by molar-refractivity contribution is -0.143. The van der Waals surface area contributed by atoms with Crippen molar-refractivity contribution in [2.24, 2.45) is 5.73 Å². The second-order valence-electron chi connectivity index (χ2n) is 1.96. The number of carbonyl (C=O) groups excluding carboxylic acids is 2. The van der Waals surface area contributed by atoms with Gasteiger partial charge in [-0.15, -0.1) is 23.2 Å². The number of alkyl halides is 2. The molecule has 0 aromatic rings. The summed E-state index contributed by atoms with van der Waals surface area (Å²) in [6, 6.07) is 0. The first-order valence-corrected chi connectivity index (χ1v) is 4.12. The smallest absolute Gasteiger partial charge is 0.326 e. The highest BCUT2D eigenvalue weighted by atomic mass is 35.5. The quantitative estimate of drug-likeness (QED) is 0.538. The number of primary amides is 1. The fraction of sp³-hybridized carbons (Fsp3) is 0.667. The van der Waals surface area contributed by atoms with Crippen LogP contribution in [-0.4, -0.2) is 29.2 Å². The molecule has 2 unspecified atom stereocenters. The van der Waals surface area contributed by atoms with Gasteiger partial charge >= 0.3 is 5.97 Å². The predicted molar refractivity (Wildman–Crippen MR) is 45.1 cm³/mol. The molecule has 0 heterocycles. The van der Waals surface area contributed by atoms with Gasteiger partial charge in [-0.05, 0) is 6.92 Å². The predicted octanol–water partition coefficient (Wildman–Crippen LogP) is 0.250. The van der Waals surface area contributed by atoms with E-state index in [1.807, 2.05) is 0 Å². The SMILES string of the molecule is CCOC(=O)C(Cl)C(Cl)C(N)=O. The minimum absolute atomic E-state index is 0.185. The third-order valence-electron chi connectivity index (χ3n) is 1.04. The fourth-order valence-corrected chi connectivity index (χ4v) is 0.776. The van der Waals surface area contributed by atoms with E-state index in [9.17, 15) is 9.59 Å².